The molecule has 0 aromatic carbocycles. The predicted molar refractivity (Wildman–Crippen MR) is 77.8 cm³/mol. The number of pyridine rings is 1. The van der Waals surface area contributed by atoms with Crippen molar-refractivity contribution < 1.29 is 4.84 Å². The lowest BCUT2D eigenvalue weighted by Crippen LogP contribution is -2.57. The topological polar surface area (TPSA) is 53.8 Å². The molecule has 6 nitrogen and oxygen atoms in total. The maximum Gasteiger partial charge on any atom is 0.183 e. The van der Waals surface area contributed by atoms with Gasteiger partial charge in [0.15, 0.2) is 11.5 Å². The fourth-order valence-corrected chi connectivity index (χ4v) is 4.19. The van der Waals surface area contributed by atoms with E-state index in [1.807, 2.05) is 40.1 Å². The maximum atomic E-state index is 5.99. The number of fused-ring (bicyclic) bond motifs is 3. The summed E-state index contributed by atoms with van der Waals surface area (Å²) in [4.78, 5) is 5.99. The van der Waals surface area contributed by atoms with Gasteiger partial charge in [-0.1, -0.05) is 11.7 Å². The molecule has 6 heteroatoms. The molecule has 0 amide bonds. The normalized spacial score (nSPS) is 35.1. The van der Waals surface area contributed by atoms with E-state index >= 15 is 0 Å². The number of anilines is 1. The van der Waals surface area contributed by atoms with E-state index in [1.54, 1.807) is 0 Å². The van der Waals surface area contributed by atoms with Crippen molar-refractivity contribution in [1.29, 1.82) is 0 Å². The standard InChI is InChI=1S/C15H19N5O/c1-2-8-19-13(3-1)9-14(16-19)20-17-15(21-18-20)10-11-4-6-12(15)7-5-11/h1-3,8-9,11-12,17-18H,4-7,10H2/t11?,12?,15-/m1/s1. The highest BCUT2D eigenvalue weighted by Crippen LogP contribution is 2.48. The minimum absolute atomic E-state index is 0.239. The van der Waals surface area contributed by atoms with Gasteiger partial charge in [-0.15, -0.1) is 5.10 Å². The van der Waals surface area contributed by atoms with Crippen molar-refractivity contribution in [2.45, 2.75) is 37.8 Å². The van der Waals surface area contributed by atoms with Gasteiger partial charge in [-0.2, -0.15) is 10.5 Å². The number of hydrogen-bond donors (Lipinski definition) is 2. The number of aromatic nitrogens is 2. The molecule has 1 spiro atoms. The van der Waals surface area contributed by atoms with E-state index < -0.39 is 0 Å². The van der Waals surface area contributed by atoms with Crippen molar-refractivity contribution in [3.8, 4) is 0 Å². The predicted octanol–water partition coefficient (Wildman–Crippen LogP) is 2.00. The molecule has 4 aliphatic rings. The maximum absolute atomic E-state index is 5.99. The summed E-state index contributed by atoms with van der Waals surface area (Å²) in [6.07, 6.45) is 8.27. The molecule has 2 bridgehead atoms. The Labute approximate surface area is 123 Å². The molecule has 21 heavy (non-hydrogen) atoms. The molecule has 2 aromatic rings. The van der Waals surface area contributed by atoms with Crippen LogP contribution in [0.25, 0.3) is 5.52 Å². The zero-order valence-corrected chi connectivity index (χ0v) is 11.8. The van der Waals surface area contributed by atoms with Gasteiger partial charge < -0.3 is 0 Å². The summed E-state index contributed by atoms with van der Waals surface area (Å²) in [6, 6.07) is 8.09. The van der Waals surface area contributed by atoms with Gasteiger partial charge in [0.1, 0.15) is 0 Å². The molecule has 4 fully saturated rings. The minimum Gasteiger partial charge on any atom is -0.257 e. The van der Waals surface area contributed by atoms with Crippen LogP contribution in [0.1, 0.15) is 32.1 Å². The van der Waals surface area contributed by atoms with E-state index in [0.717, 1.165) is 23.7 Å². The van der Waals surface area contributed by atoms with Crippen molar-refractivity contribution in [3.05, 3.63) is 30.5 Å². The molecule has 0 radical (unpaired) electrons. The summed E-state index contributed by atoms with van der Waals surface area (Å²) >= 11 is 0. The van der Waals surface area contributed by atoms with Gasteiger partial charge in [0.2, 0.25) is 0 Å². The van der Waals surface area contributed by atoms with Gasteiger partial charge in [-0.25, -0.2) is 4.52 Å². The van der Waals surface area contributed by atoms with Gasteiger partial charge in [0, 0.05) is 18.2 Å². The van der Waals surface area contributed by atoms with Crippen LogP contribution in [0, 0.1) is 11.8 Å². The summed E-state index contributed by atoms with van der Waals surface area (Å²) in [7, 11) is 0. The SMILES string of the molecule is c1ccn2nc(N3NO[C@@]4(CC5CCC4CC5)N3)cc2c1. The third-order valence-electron chi connectivity index (χ3n) is 5.30. The molecule has 3 heterocycles. The second-order valence-corrected chi connectivity index (χ2v) is 6.52. The number of hydrogen-bond acceptors (Lipinski definition) is 5. The summed E-state index contributed by atoms with van der Waals surface area (Å²) in [5.74, 6) is 2.22. The Kier molecular flexibility index (Phi) is 2.39. The summed E-state index contributed by atoms with van der Waals surface area (Å²) in [5.41, 5.74) is 7.40. The summed E-state index contributed by atoms with van der Waals surface area (Å²) in [5, 5.41) is 6.40. The molecule has 3 saturated carbocycles. The van der Waals surface area contributed by atoms with Crippen LogP contribution < -0.4 is 16.1 Å². The quantitative estimate of drug-likeness (QED) is 0.839. The first-order valence-corrected chi connectivity index (χ1v) is 7.78. The van der Waals surface area contributed by atoms with Crippen LogP contribution in [0.4, 0.5) is 5.82 Å². The molecular weight excluding hydrogens is 266 g/mol. The van der Waals surface area contributed by atoms with Crippen LogP contribution in [0.5, 0.6) is 0 Å². The van der Waals surface area contributed by atoms with Gasteiger partial charge >= 0.3 is 0 Å². The second kappa shape index (κ2) is 4.19. The first-order valence-electron chi connectivity index (χ1n) is 7.78. The van der Waals surface area contributed by atoms with Crippen molar-refractivity contribution in [1.82, 2.24) is 20.6 Å². The average Bonchev–Trinajstić information content (AvgIpc) is 3.13. The van der Waals surface area contributed by atoms with Gasteiger partial charge in [0.05, 0.1) is 5.52 Å². The van der Waals surface area contributed by atoms with Crippen LogP contribution >= 0.6 is 0 Å². The van der Waals surface area contributed by atoms with E-state index in [-0.39, 0.29) is 5.72 Å². The van der Waals surface area contributed by atoms with Crippen molar-refractivity contribution in [3.63, 3.8) is 0 Å². The molecular formula is C15H19N5O. The number of hydrazine groups is 2. The molecule has 1 saturated heterocycles. The van der Waals surface area contributed by atoms with Crippen molar-refractivity contribution in [2.75, 3.05) is 5.12 Å². The van der Waals surface area contributed by atoms with Crippen molar-refractivity contribution >= 4 is 11.3 Å². The first-order chi connectivity index (χ1) is 10.3. The summed E-state index contributed by atoms with van der Waals surface area (Å²) in [6.45, 7) is 0. The Morgan fingerprint density at radius 1 is 1.24 bits per heavy atom. The number of nitrogens with one attached hydrogen (secondary N) is 2. The average molecular weight is 285 g/mol. The summed E-state index contributed by atoms with van der Waals surface area (Å²) < 4.78 is 1.87. The lowest BCUT2D eigenvalue weighted by atomic mass is 9.66. The van der Waals surface area contributed by atoms with Crippen molar-refractivity contribution in [2.24, 2.45) is 11.8 Å². The van der Waals surface area contributed by atoms with Crippen LogP contribution in [0.2, 0.25) is 0 Å². The van der Waals surface area contributed by atoms with Crippen LogP contribution in [0.15, 0.2) is 30.5 Å². The third-order valence-corrected chi connectivity index (χ3v) is 5.30. The highest BCUT2D eigenvalue weighted by molar-refractivity contribution is 5.55. The Bertz CT molecular complexity index is 645. The Morgan fingerprint density at radius 2 is 2.14 bits per heavy atom. The van der Waals surface area contributed by atoms with Crippen LogP contribution in [-0.4, -0.2) is 15.3 Å². The van der Waals surface area contributed by atoms with E-state index in [0.29, 0.717) is 5.92 Å². The van der Waals surface area contributed by atoms with Gasteiger partial charge in [0.25, 0.3) is 0 Å². The van der Waals surface area contributed by atoms with E-state index in [4.69, 9.17) is 4.84 Å². The molecule has 0 unspecified atom stereocenters. The number of nitrogens with zero attached hydrogens (tertiary/aromatic N) is 3. The van der Waals surface area contributed by atoms with Crippen LogP contribution in [-0.2, 0) is 4.84 Å². The molecule has 2 N–H and O–H groups in total. The third kappa shape index (κ3) is 1.73. The molecule has 1 atom stereocenters. The van der Waals surface area contributed by atoms with Gasteiger partial charge in [-0.3, -0.25) is 4.84 Å². The zero-order chi connectivity index (χ0) is 13.9. The number of rotatable bonds is 1. The monoisotopic (exact) mass is 285 g/mol. The second-order valence-electron chi connectivity index (χ2n) is 6.52. The Morgan fingerprint density at radius 3 is 2.90 bits per heavy atom. The highest BCUT2D eigenvalue weighted by atomic mass is 16.7. The van der Waals surface area contributed by atoms with Gasteiger partial charge in [-0.05, 0) is 50.2 Å². The fourth-order valence-electron chi connectivity index (χ4n) is 4.19. The lowest BCUT2D eigenvalue weighted by molar-refractivity contribution is -0.153. The Hall–Kier alpha value is -1.63. The smallest absolute Gasteiger partial charge is 0.183 e. The Balaban J connectivity index is 1.44. The zero-order valence-electron chi connectivity index (χ0n) is 11.8. The molecule has 6 rings (SSSR count). The highest BCUT2D eigenvalue weighted by Gasteiger charge is 2.53. The van der Waals surface area contributed by atoms with E-state index in [9.17, 15) is 0 Å². The minimum atomic E-state index is -0.239. The van der Waals surface area contributed by atoms with Crippen LogP contribution in [0.3, 0.4) is 0 Å². The molecule has 3 aliphatic carbocycles. The first kappa shape index (κ1) is 12.0. The largest absolute Gasteiger partial charge is 0.257 e. The van der Waals surface area contributed by atoms with E-state index in [1.165, 1.54) is 25.7 Å². The lowest BCUT2D eigenvalue weighted by Gasteiger charge is -2.47. The van der Waals surface area contributed by atoms with E-state index in [2.05, 4.69) is 16.1 Å². The fraction of sp³-hybridized carbons (Fsp3) is 0.533. The molecule has 110 valence electrons. The molecule has 1 aliphatic heterocycles. The molecule has 2 aromatic heterocycles.